The van der Waals surface area contributed by atoms with Crippen LogP contribution in [0.4, 0.5) is 0 Å². The van der Waals surface area contributed by atoms with Crippen molar-refractivity contribution in [3.05, 3.63) is 12.2 Å². The van der Waals surface area contributed by atoms with Crippen molar-refractivity contribution in [2.24, 2.45) is 23.7 Å². The molecular formula is C19H32N2. The highest BCUT2D eigenvalue weighted by Gasteiger charge is 2.37. The summed E-state index contributed by atoms with van der Waals surface area (Å²) < 4.78 is 0. The first-order valence-electron chi connectivity index (χ1n) is 9.44. The summed E-state index contributed by atoms with van der Waals surface area (Å²) in [5, 5.41) is 0. The minimum Gasteiger partial charge on any atom is -0.300 e. The molecule has 2 nitrogen and oxygen atoms in total. The molecule has 0 radical (unpaired) electrons. The fourth-order valence-electron chi connectivity index (χ4n) is 5.55. The molecule has 0 aromatic carbocycles. The van der Waals surface area contributed by atoms with Crippen molar-refractivity contribution >= 4 is 0 Å². The number of piperazine rings is 1. The van der Waals surface area contributed by atoms with Crippen LogP contribution in [0.3, 0.4) is 0 Å². The van der Waals surface area contributed by atoms with E-state index in [0.29, 0.717) is 0 Å². The zero-order valence-corrected chi connectivity index (χ0v) is 13.7. The minimum atomic E-state index is 0.895. The van der Waals surface area contributed by atoms with E-state index in [4.69, 9.17) is 0 Å². The third-order valence-electron chi connectivity index (χ3n) is 6.85. The van der Waals surface area contributed by atoms with Gasteiger partial charge in [0.25, 0.3) is 0 Å². The Morgan fingerprint density at radius 3 is 2.43 bits per heavy atom. The van der Waals surface area contributed by atoms with Crippen LogP contribution in [-0.4, -0.2) is 48.6 Å². The Labute approximate surface area is 130 Å². The lowest BCUT2D eigenvalue weighted by molar-refractivity contribution is 0.0471. The summed E-state index contributed by atoms with van der Waals surface area (Å²) >= 11 is 0. The number of fused-ring (bicyclic) bond motifs is 2. The van der Waals surface area contributed by atoms with Crippen LogP contribution in [0.5, 0.6) is 0 Å². The summed E-state index contributed by atoms with van der Waals surface area (Å²) in [7, 11) is 0. The largest absolute Gasteiger partial charge is 0.300 e. The molecule has 2 bridgehead atoms. The van der Waals surface area contributed by atoms with Gasteiger partial charge in [0.15, 0.2) is 0 Å². The van der Waals surface area contributed by atoms with Gasteiger partial charge in [0.2, 0.25) is 0 Å². The van der Waals surface area contributed by atoms with E-state index >= 15 is 0 Å². The van der Waals surface area contributed by atoms with E-state index in [1.165, 1.54) is 71.2 Å². The van der Waals surface area contributed by atoms with Gasteiger partial charge in [-0.05, 0) is 49.4 Å². The molecule has 4 rings (SSSR count). The molecule has 21 heavy (non-hydrogen) atoms. The molecule has 2 heteroatoms. The molecule has 3 fully saturated rings. The van der Waals surface area contributed by atoms with Crippen molar-refractivity contribution in [1.82, 2.24) is 9.80 Å². The van der Waals surface area contributed by atoms with Crippen LogP contribution in [0.1, 0.15) is 45.4 Å². The first kappa shape index (κ1) is 14.3. The second-order valence-corrected chi connectivity index (χ2v) is 8.21. The van der Waals surface area contributed by atoms with E-state index in [-0.39, 0.29) is 0 Å². The van der Waals surface area contributed by atoms with Gasteiger partial charge in [-0.25, -0.2) is 0 Å². The predicted octanol–water partition coefficient (Wildman–Crippen LogP) is 3.39. The zero-order valence-electron chi connectivity index (χ0n) is 13.7. The third kappa shape index (κ3) is 2.94. The molecule has 0 spiro atoms. The Hall–Kier alpha value is -0.340. The highest BCUT2D eigenvalue weighted by molar-refractivity contribution is 5.10. The number of hydrogen-bond acceptors (Lipinski definition) is 2. The fourth-order valence-corrected chi connectivity index (χ4v) is 5.55. The maximum atomic E-state index is 2.82. The number of hydrogen-bond donors (Lipinski definition) is 0. The van der Waals surface area contributed by atoms with Crippen molar-refractivity contribution in [1.29, 1.82) is 0 Å². The number of nitrogens with zero attached hydrogens (tertiary/aromatic N) is 2. The molecule has 118 valence electrons. The van der Waals surface area contributed by atoms with Crippen molar-refractivity contribution in [3.8, 4) is 0 Å². The summed E-state index contributed by atoms with van der Waals surface area (Å²) in [4.78, 5) is 5.59. The van der Waals surface area contributed by atoms with Gasteiger partial charge in [-0.3, -0.25) is 4.90 Å². The lowest BCUT2D eigenvalue weighted by atomic mass is 9.84. The first-order valence-corrected chi connectivity index (χ1v) is 9.44. The summed E-state index contributed by atoms with van der Waals surface area (Å²) in [6.07, 6.45) is 13.8. The molecule has 0 N–H and O–H groups in total. The third-order valence-corrected chi connectivity index (χ3v) is 6.85. The lowest BCUT2D eigenvalue weighted by Gasteiger charge is -2.44. The minimum absolute atomic E-state index is 0.895. The second-order valence-electron chi connectivity index (χ2n) is 8.21. The highest BCUT2D eigenvalue weighted by atomic mass is 15.3. The molecule has 2 saturated carbocycles. The quantitative estimate of drug-likeness (QED) is 0.735. The summed E-state index contributed by atoms with van der Waals surface area (Å²) in [5.74, 6) is 3.76. The van der Waals surface area contributed by atoms with Gasteiger partial charge in [-0.1, -0.05) is 31.9 Å². The van der Waals surface area contributed by atoms with E-state index in [0.717, 1.165) is 29.7 Å². The molecule has 5 atom stereocenters. The molecule has 1 heterocycles. The number of allylic oxidation sites excluding steroid dienone is 2. The Morgan fingerprint density at radius 2 is 1.76 bits per heavy atom. The fraction of sp³-hybridized carbons (Fsp3) is 0.895. The Kier molecular flexibility index (Phi) is 4.10. The van der Waals surface area contributed by atoms with Crippen LogP contribution in [0.15, 0.2) is 12.2 Å². The van der Waals surface area contributed by atoms with E-state index in [2.05, 4.69) is 28.9 Å². The molecule has 0 amide bonds. The van der Waals surface area contributed by atoms with Crippen molar-refractivity contribution in [2.45, 2.75) is 51.5 Å². The second kappa shape index (κ2) is 6.04. The average Bonchev–Trinajstić information content (AvgIpc) is 3.11. The average molecular weight is 288 g/mol. The van der Waals surface area contributed by atoms with E-state index in [1.807, 2.05) is 0 Å². The Bertz CT molecular complexity index is 383. The van der Waals surface area contributed by atoms with Gasteiger partial charge < -0.3 is 4.90 Å². The van der Waals surface area contributed by atoms with E-state index < -0.39 is 0 Å². The molecular weight excluding hydrogens is 256 g/mol. The summed E-state index contributed by atoms with van der Waals surface area (Å²) in [5.41, 5.74) is 0. The predicted molar refractivity (Wildman–Crippen MR) is 88.3 cm³/mol. The Balaban J connectivity index is 1.26. The van der Waals surface area contributed by atoms with Gasteiger partial charge in [-0.2, -0.15) is 0 Å². The molecule has 0 aromatic rings. The maximum absolute atomic E-state index is 2.82. The zero-order chi connectivity index (χ0) is 14.2. The monoisotopic (exact) mass is 288 g/mol. The van der Waals surface area contributed by atoms with Crippen LogP contribution in [-0.2, 0) is 0 Å². The van der Waals surface area contributed by atoms with E-state index in [9.17, 15) is 0 Å². The lowest BCUT2D eigenvalue weighted by Crippen LogP contribution is -2.53. The SMILES string of the molecule is C[C@H]1CCCC[C@H]1N1CCN(C[C@@H]2C[C@@H]3C=C[C@@H]2C3)CC1. The molecule has 3 aliphatic carbocycles. The molecule has 4 aliphatic rings. The van der Waals surface area contributed by atoms with Crippen LogP contribution in [0.2, 0.25) is 0 Å². The van der Waals surface area contributed by atoms with Crippen LogP contribution in [0, 0.1) is 23.7 Å². The van der Waals surface area contributed by atoms with Crippen LogP contribution < -0.4 is 0 Å². The van der Waals surface area contributed by atoms with Crippen molar-refractivity contribution < 1.29 is 0 Å². The first-order chi connectivity index (χ1) is 10.3. The molecule has 1 aliphatic heterocycles. The summed E-state index contributed by atoms with van der Waals surface area (Å²) in [6, 6.07) is 0.895. The topological polar surface area (TPSA) is 6.48 Å². The van der Waals surface area contributed by atoms with Gasteiger partial charge in [0, 0.05) is 38.8 Å². The standard InChI is InChI=1S/C19H32N2/c1-15-4-2-3-5-19(15)21-10-8-20(9-11-21)14-18-13-16-6-7-17(18)12-16/h6-7,15-19H,2-5,8-14H2,1H3/t15-,16+,17+,18-,19+/m0/s1. The van der Waals surface area contributed by atoms with Crippen molar-refractivity contribution in [2.75, 3.05) is 32.7 Å². The number of rotatable bonds is 3. The molecule has 0 aromatic heterocycles. The Morgan fingerprint density at radius 1 is 0.952 bits per heavy atom. The smallest absolute Gasteiger partial charge is 0.0122 e. The maximum Gasteiger partial charge on any atom is 0.0122 e. The van der Waals surface area contributed by atoms with Crippen molar-refractivity contribution in [3.63, 3.8) is 0 Å². The van der Waals surface area contributed by atoms with Gasteiger partial charge in [0.05, 0.1) is 0 Å². The van der Waals surface area contributed by atoms with Gasteiger partial charge in [0.1, 0.15) is 0 Å². The highest BCUT2D eigenvalue weighted by Crippen LogP contribution is 2.43. The molecule has 1 saturated heterocycles. The van der Waals surface area contributed by atoms with Crippen LogP contribution in [0.25, 0.3) is 0 Å². The van der Waals surface area contributed by atoms with Gasteiger partial charge in [-0.15, -0.1) is 0 Å². The van der Waals surface area contributed by atoms with Crippen LogP contribution >= 0.6 is 0 Å². The normalized spacial score (nSPS) is 44.5. The van der Waals surface area contributed by atoms with E-state index in [1.54, 1.807) is 0 Å². The molecule has 0 unspecified atom stereocenters. The van der Waals surface area contributed by atoms with Gasteiger partial charge >= 0.3 is 0 Å². The summed E-state index contributed by atoms with van der Waals surface area (Å²) in [6.45, 7) is 9.15.